The average Bonchev–Trinajstić information content (AvgIpc) is 1.76. The zero-order valence-electron chi connectivity index (χ0n) is 8.71. The van der Waals surface area contributed by atoms with Gasteiger partial charge in [-0.15, -0.1) is 0 Å². The van der Waals surface area contributed by atoms with Crippen molar-refractivity contribution in [3.05, 3.63) is 0 Å². The van der Waals surface area contributed by atoms with Gasteiger partial charge in [-0.2, -0.15) is 0 Å². The van der Waals surface area contributed by atoms with Gasteiger partial charge in [0.15, 0.2) is 0 Å². The zero-order valence-corrected chi connectivity index (χ0v) is 16.1. The number of rotatable bonds is 0. The van der Waals surface area contributed by atoms with E-state index in [1.54, 1.807) is 0 Å². The van der Waals surface area contributed by atoms with Crippen molar-refractivity contribution < 1.29 is 139 Å². The first kappa shape index (κ1) is 43.0. The van der Waals surface area contributed by atoms with Crippen molar-refractivity contribution in [3.8, 4) is 0 Å². The number of hydrogen-bond donors (Lipinski definition) is 0. The molecule has 19 heteroatoms. The smallest absolute Gasteiger partial charge is 0.907 e. The van der Waals surface area contributed by atoms with Gasteiger partial charge in [-0.25, -0.2) is 0 Å². The van der Waals surface area contributed by atoms with Crippen molar-refractivity contribution in [1.82, 2.24) is 0 Å². The van der Waals surface area contributed by atoms with Crippen molar-refractivity contribution >= 4 is 29.3 Å². The van der Waals surface area contributed by atoms with Gasteiger partial charge in [-0.1, -0.05) is 0 Å². The van der Waals surface area contributed by atoms with Crippen molar-refractivity contribution in [3.63, 3.8) is 0 Å². The largest absolute Gasteiger partial charge is 4.00 e. The predicted molar refractivity (Wildman–Crippen MR) is 23.0 cm³/mol. The van der Waals surface area contributed by atoms with Crippen LogP contribution in [-0.4, -0.2) is 29.3 Å². The van der Waals surface area contributed by atoms with Crippen LogP contribution in [0.25, 0.3) is 0 Å². The van der Waals surface area contributed by atoms with Gasteiger partial charge in [-0.3, -0.25) is 29.3 Å². The van der Waals surface area contributed by atoms with Crippen molar-refractivity contribution in [2.45, 2.75) is 0 Å². The van der Waals surface area contributed by atoms with E-state index in [4.69, 9.17) is 60.3 Å². The second-order valence-electron chi connectivity index (χ2n) is 1.15. The molecule has 0 saturated heterocycles. The van der Waals surface area contributed by atoms with Crippen molar-refractivity contribution in [2.75, 3.05) is 0 Å². The zero-order chi connectivity index (χ0) is 14.3. The molecule has 0 N–H and O–H groups in total. The molecule has 0 spiro atoms. The van der Waals surface area contributed by atoms with Crippen LogP contribution in [0.2, 0.25) is 0 Å². The van der Waals surface area contributed by atoms with Crippen LogP contribution in [0.1, 0.15) is 0 Å². The van der Waals surface area contributed by atoms with E-state index in [0.717, 1.165) is 0 Å². The van der Waals surface area contributed by atoms with E-state index < -0.39 is 29.3 Å². The molecule has 0 aliphatic heterocycles. The molecule has 0 amide bonds. The van der Waals surface area contributed by atoms with Crippen LogP contribution in [0, 0.1) is 0 Å². The first-order chi connectivity index (χ1) is 6.93. The Bertz CT molecular complexity index is 68.0. The second kappa shape index (κ2) is 37.0. The SMILES string of the molecule is [O-]B([O-])[O-].[O-]B([O-])[O-].[O-]B([O-])[O-].[O-]B([O-])[O-].[Zr+4].[Zr+4].[Zr+4]. The van der Waals surface area contributed by atoms with E-state index in [-0.39, 0.29) is 78.6 Å². The van der Waals surface area contributed by atoms with Gasteiger partial charge in [0.05, 0.1) is 0 Å². The van der Waals surface area contributed by atoms with Gasteiger partial charge >= 0.3 is 78.6 Å². The van der Waals surface area contributed by atoms with Crippen LogP contribution in [-0.2, 0) is 78.6 Å². The Hall–Kier alpha value is 2.43. The minimum atomic E-state index is -2.92. The van der Waals surface area contributed by atoms with Crippen LogP contribution in [0.5, 0.6) is 0 Å². The quantitative estimate of drug-likeness (QED) is 0.275. The summed E-state index contributed by atoms with van der Waals surface area (Å²) in [5.41, 5.74) is 0. The molecule has 0 aromatic rings. The topological polar surface area (TPSA) is 277 Å². The molecule has 0 rings (SSSR count). The molecule has 0 atom stereocenters. The third-order valence-corrected chi connectivity index (χ3v) is 0. The Morgan fingerprint density at radius 1 is 0.263 bits per heavy atom. The van der Waals surface area contributed by atoms with E-state index in [1.807, 2.05) is 0 Å². The molecular weight excluding hydrogens is 509 g/mol. The summed E-state index contributed by atoms with van der Waals surface area (Å²) >= 11 is 0. The fourth-order valence-corrected chi connectivity index (χ4v) is 0. The predicted octanol–water partition coefficient (Wildman–Crippen LogP) is -15.8. The molecule has 0 unspecified atom stereocenters. The second-order valence-corrected chi connectivity index (χ2v) is 1.15. The van der Waals surface area contributed by atoms with Crippen LogP contribution in [0.15, 0.2) is 0 Å². The summed E-state index contributed by atoms with van der Waals surface area (Å²) in [6, 6.07) is 0. The van der Waals surface area contributed by atoms with Crippen LogP contribution in [0.4, 0.5) is 0 Å². The summed E-state index contributed by atoms with van der Waals surface area (Å²) in [6.45, 7) is 0. The van der Waals surface area contributed by atoms with Crippen LogP contribution < -0.4 is 60.3 Å². The van der Waals surface area contributed by atoms with Gasteiger partial charge < -0.3 is 60.3 Å². The summed E-state index contributed by atoms with van der Waals surface area (Å²) in [5.74, 6) is 0. The van der Waals surface area contributed by atoms with E-state index in [2.05, 4.69) is 0 Å². The molecule has 0 radical (unpaired) electrons. The molecule has 0 aromatic carbocycles. The Labute approximate surface area is 166 Å². The maximum Gasteiger partial charge on any atom is 4.00 e. The minimum absolute atomic E-state index is 0. The molecule has 0 saturated carbocycles. The maximum absolute atomic E-state index is 8.42. The molecule has 0 heterocycles. The van der Waals surface area contributed by atoms with Crippen LogP contribution in [0.3, 0.4) is 0 Å². The van der Waals surface area contributed by atoms with Gasteiger partial charge in [-0.05, 0) is 0 Å². The molecule has 12 nitrogen and oxygen atoms in total. The fourth-order valence-electron chi connectivity index (χ4n) is 0. The van der Waals surface area contributed by atoms with Gasteiger partial charge in [0, 0.05) is 0 Å². The minimum Gasteiger partial charge on any atom is -0.907 e. The van der Waals surface area contributed by atoms with Crippen molar-refractivity contribution in [2.24, 2.45) is 0 Å². The summed E-state index contributed by atoms with van der Waals surface area (Å²) < 4.78 is 0. The van der Waals surface area contributed by atoms with Gasteiger partial charge in [0.2, 0.25) is 0 Å². The van der Waals surface area contributed by atoms with E-state index in [1.165, 1.54) is 0 Å². The maximum atomic E-state index is 8.42. The molecule has 0 aliphatic rings. The molecule has 0 fully saturated rings. The van der Waals surface area contributed by atoms with E-state index in [9.17, 15) is 0 Å². The molecular formula is B4O12Zr3. The molecule has 19 heavy (non-hydrogen) atoms. The molecule has 96 valence electrons. The summed E-state index contributed by atoms with van der Waals surface area (Å²) in [4.78, 5) is 0. The first-order valence-corrected chi connectivity index (χ1v) is 2.83. The fraction of sp³-hybridized carbons (Fsp3) is 0. The third kappa shape index (κ3) is 1180. The Morgan fingerprint density at radius 3 is 0.263 bits per heavy atom. The first-order valence-electron chi connectivity index (χ1n) is 2.83. The average molecular weight is 509 g/mol. The molecule has 0 aromatic heterocycles. The van der Waals surface area contributed by atoms with Crippen LogP contribution >= 0.6 is 0 Å². The molecule has 0 aliphatic carbocycles. The summed E-state index contributed by atoms with van der Waals surface area (Å²) in [6.07, 6.45) is 0. The van der Waals surface area contributed by atoms with Crippen molar-refractivity contribution in [1.29, 1.82) is 0 Å². The molecule has 0 bridgehead atoms. The number of hydrogen-bond acceptors (Lipinski definition) is 12. The Morgan fingerprint density at radius 2 is 0.263 bits per heavy atom. The van der Waals surface area contributed by atoms with E-state index in [0.29, 0.717) is 0 Å². The Balaban J connectivity index is -0.0000000192. The third-order valence-electron chi connectivity index (χ3n) is 0. The standard InChI is InChI=1S/4BO3.3Zr/c4*2-1(3)4;;;/q4*-3;3*+4. The summed E-state index contributed by atoms with van der Waals surface area (Å²) in [5, 5.41) is 101. The van der Waals surface area contributed by atoms with E-state index >= 15 is 0 Å². The monoisotopic (exact) mass is 506 g/mol. The van der Waals surface area contributed by atoms with Gasteiger partial charge in [0.25, 0.3) is 0 Å². The van der Waals surface area contributed by atoms with Gasteiger partial charge in [0.1, 0.15) is 0 Å². The normalized spacial score (nSPS) is 5.68. The summed E-state index contributed by atoms with van der Waals surface area (Å²) in [7, 11) is -11.7. The Kier molecular flexibility index (Phi) is 83.7.